The first-order valence-electron chi connectivity index (χ1n) is 10.5. The highest BCUT2D eigenvalue weighted by Crippen LogP contribution is 2.28. The Hall–Kier alpha value is -2.51. The van der Waals surface area contributed by atoms with Crippen LogP contribution in [0, 0.1) is 5.92 Å². The molecule has 0 saturated heterocycles. The van der Waals surface area contributed by atoms with Crippen molar-refractivity contribution in [2.45, 2.75) is 58.2 Å². The van der Waals surface area contributed by atoms with Crippen molar-refractivity contribution >= 4 is 23.2 Å². The summed E-state index contributed by atoms with van der Waals surface area (Å²) in [7, 11) is 1.33. The highest BCUT2D eigenvalue weighted by Gasteiger charge is 2.30. The Morgan fingerprint density at radius 3 is 2.55 bits per heavy atom. The lowest BCUT2D eigenvalue weighted by Crippen LogP contribution is -2.54. The fourth-order valence-electron chi connectivity index (χ4n) is 3.13. The molecule has 7 heteroatoms. The lowest BCUT2D eigenvalue weighted by molar-refractivity contribution is -0.124. The van der Waals surface area contributed by atoms with Crippen LogP contribution in [0.1, 0.15) is 61.2 Å². The maximum Gasteiger partial charge on any atom is 0.357 e. The maximum absolute atomic E-state index is 13.4. The fraction of sp³-hybridized carbons (Fsp3) is 0.458. The Morgan fingerprint density at radius 1 is 1.29 bits per heavy atom. The maximum atomic E-state index is 13.4. The SMILES string of the molecule is C=CC(C)(C)NC(Cc1ccccc1)C(=O)NC(c1nc(C(=O)OC)cs1)C(C)CC. The predicted molar refractivity (Wildman–Crippen MR) is 125 cm³/mol. The van der Waals surface area contributed by atoms with Gasteiger partial charge in [0.05, 0.1) is 19.2 Å². The van der Waals surface area contributed by atoms with Crippen molar-refractivity contribution in [3.05, 3.63) is 64.6 Å². The van der Waals surface area contributed by atoms with Gasteiger partial charge in [-0.3, -0.25) is 10.1 Å². The number of thiazole rings is 1. The van der Waals surface area contributed by atoms with E-state index in [1.807, 2.05) is 44.2 Å². The van der Waals surface area contributed by atoms with Crippen LogP contribution in [0.15, 0.2) is 48.4 Å². The lowest BCUT2D eigenvalue weighted by Gasteiger charge is -2.31. The Kier molecular flexibility index (Phi) is 8.95. The average Bonchev–Trinajstić information content (AvgIpc) is 3.26. The van der Waals surface area contributed by atoms with E-state index in [0.29, 0.717) is 11.4 Å². The van der Waals surface area contributed by atoms with E-state index in [4.69, 9.17) is 4.74 Å². The van der Waals surface area contributed by atoms with Crippen molar-refractivity contribution in [2.24, 2.45) is 5.92 Å². The number of nitrogens with one attached hydrogen (secondary N) is 2. The summed E-state index contributed by atoms with van der Waals surface area (Å²) in [6.07, 6.45) is 3.20. The van der Waals surface area contributed by atoms with Crippen LogP contribution in [0.25, 0.3) is 0 Å². The number of carbonyl (C=O) groups excluding carboxylic acids is 2. The molecule has 0 fully saturated rings. The molecule has 0 radical (unpaired) electrons. The number of methoxy groups -OCH3 is 1. The molecule has 3 atom stereocenters. The molecule has 0 bridgehead atoms. The standard InChI is InChI=1S/C24H33N3O3S/c1-7-16(3)20(22-25-19(15-31-22)23(29)30-6)26-21(28)18(27-24(4,5)8-2)14-17-12-10-9-11-13-17/h8-13,15-16,18,20,27H,2,7,14H2,1,3-6H3,(H,26,28). The number of esters is 1. The number of nitrogens with zero attached hydrogens (tertiary/aromatic N) is 1. The van der Waals surface area contributed by atoms with Gasteiger partial charge in [-0.05, 0) is 31.7 Å². The highest BCUT2D eigenvalue weighted by atomic mass is 32.1. The van der Waals surface area contributed by atoms with E-state index >= 15 is 0 Å². The molecular formula is C24H33N3O3S. The van der Waals surface area contributed by atoms with Crippen molar-refractivity contribution in [1.82, 2.24) is 15.6 Å². The van der Waals surface area contributed by atoms with Crippen LogP contribution in [0.3, 0.4) is 0 Å². The monoisotopic (exact) mass is 443 g/mol. The molecule has 0 aliphatic rings. The number of hydrogen-bond acceptors (Lipinski definition) is 6. The molecule has 3 unspecified atom stereocenters. The molecule has 1 aromatic heterocycles. The van der Waals surface area contributed by atoms with Gasteiger partial charge >= 0.3 is 5.97 Å². The molecular weight excluding hydrogens is 410 g/mol. The normalized spacial score (nSPS) is 14.4. The van der Waals surface area contributed by atoms with E-state index in [1.54, 1.807) is 11.5 Å². The van der Waals surface area contributed by atoms with E-state index in [-0.39, 0.29) is 23.6 Å². The third kappa shape index (κ3) is 7.01. The Labute approximate surface area is 189 Å². The second-order valence-electron chi connectivity index (χ2n) is 8.25. The van der Waals surface area contributed by atoms with Gasteiger partial charge in [0.2, 0.25) is 5.91 Å². The number of carbonyl (C=O) groups is 2. The van der Waals surface area contributed by atoms with Gasteiger partial charge in [0, 0.05) is 10.9 Å². The number of aromatic nitrogens is 1. The summed E-state index contributed by atoms with van der Waals surface area (Å²) >= 11 is 1.36. The van der Waals surface area contributed by atoms with Crippen LogP contribution in [-0.2, 0) is 16.0 Å². The quantitative estimate of drug-likeness (QED) is 0.400. The van der Waals surface area contributed by atoms with Crippen molar-refractivity contribution in [3.8, 4) is 0 Å². The van der Waals surface area contributed by atoms with Crippen LogP contribution < -0.4 is 10.6 Å². The van der Waals surface area contributed by atoms with Gasteiger partial charge in [0.1, 0.15) is 5.01 Å². The summed E-state index contributed by atoms with van der Waals surface area (Å²) in [6.45, 7) is 12.0. The topological polar surface area (TPSA) is 80.3 Å². The third-order valence-corrected chi connectivity index (χ3v) is 6.28. The first-order valence-corrected chi connectivity index (χ1v) is 11.4. The van der Waals surface area contributed by atoms with Crippen LogP contribution >= 0.6 is 11.3 Å². The summed E-state index contributed by atoms with van der Waals surface area (Å²) < 4.78 is 4.77. The third-order valence-electron chi connectivity index (χ3n) is 5.35. The molecule has 1 aromatic carbocycles. The first-order chi connectivity index (χ1) is 14.7. The van der Waals surface area contributed by atoms with Gasteiger partial charge in [0.25, 0.3) is 0 Å². The van der Waals surface area contributed by atoms with Gasteiger partial charge in [-0.15, -0.1) is 17.9 Å². The Bertz CT molecular complexity index is 879. The van der Waals surface area contributed by atoms with Gasteiger partial charge in [-0.1, -0.05) is 56.7 Å². The number of rotatable bonds is 11. The molecule has 2 aromatic rings. The molecule has 0 aliphatic heterocycles. The van der Waals surface area contributed by atoms with Crippen LogP contribution in [0.4, 0.5) is 0 Å². The molecule has 6 nitrogen and oxygen atoms in total. The molecule has 0 spiro atoms. The summed E-state index contributed by atoms with van der Waals surface area (Å²) in [5.41, 5.74) is 0.913. The molecule has 0 aliphatic carbocycles. The Morgan fingerprint density at radius 2 is 1.97 bits per heavy atom. The fourth-order valence-corrected chi connectivity index (χ4v) is 4.10. The van der Waals surface area contributed by atoms with Crippen LogP contribution in [0.2, 0.25) is 0 Å². The number of ether oxygens (including phenoxy) is 1. The van der Waals surface area contributed by atoms with Gasteiger partial charge in [-0.25, -0.2) is 9.78 Å². The van der Waals surface area contributed by atoms with Crippen LogP contribution in [-0.4, -0.2) is 35.6 Å². The van der Waals surface area contributed by atoms with Crippen molar-refractivity contribution in [2.75, 3.05) is 7.11 Å². The number of hydrogen-bond donors (Lipinski definition) is 2. The largest absolute Gasteiger partial charge is 0.464 e. The molecule has 2 N–H and O–H groups in total. The van der Waals surface area contributed by atoms with Gasteiger partial charge in [0.15, 0.2) is 5.69 Å². The molecule has 1 amide bonds. The summed E-state index contributed by atoms with van der Waals surface area (Å²) in [4.78, 5) is 29.7. The molecule has 1 heterocycles. The zero-order chi connectivity index (χ0) is 23.0. The van der Waals surface area contributed by atoms with Gasteiger partial charge in [-0.2, -0.15) is 0 Å². The second-order valence-corrected chi connectivity index (χ2v) is 9.14. The van der Waals surface area contributed by atoms with Crippen LogP contribution in [0.5, 0.6) is 0 Å². The smallest absolute Gasteiger partial charge is 0.357 e. The average molecular weight is 444 g/mol. The number of amides is 1. The summed E-state index contributed by atoms with van der Waals surface area (Å²) in [5.74, 6) is -0.447. The highest BCUT2D eigenvalue weighted by molar-refractivity contribution is 7.09. The molecule has 2 rings (SSSR count). The zero-order valence-electron chi connectivity index (χ0n) is 19.0. The van der Waals surface area contributed by atoms with E-state index in [1.165, 1.54) is 18.4 Å². The first kappa shape index (κ1) is 24.8. The van der Waals surface area contributed by atoms with Gasteiger partial charge < -0.3 is 10.1 Å². The molecule has 31 heavy (non-hydrogen) atoms. The van der Waals surface area contributed by atoms with Crippen molar-refractivity contribution < 1.29 is 14.3 Å². The van der Waals surface area contributed by atoms with E-state index in [9.17, 15) is 9.59 Å². The minimum Gasteiger partial charge on any atom is -0.464 e. The van der Waals surface area contributed by atoms with E-state index < -0.39 is 17.6 Å². The van der Waals surface area contributed by atoms with E-state index in [2.05, 4.69) is 36.0 Å². The minimum absolute atomic E-state index is 0.112. The molecule has 168 valence electrons. The Balaban J connectivity index is 2.28. The molecule has 0 saturated carbocycles. The number of benzene rings is 1. The lowest BCUT2D eigenvalue weighted by atomic mass is 9.97. The minimum atomic E-state index is -0.479. The summed E-state index contributed by atoms with van der Waals surface area (Å²) in [5, 5.41) is 8.97. The summed E-state index contributed by atoms with van der Waals surface area (Å²) in [6, 6.07) is 9.16. The van der Waals surface area contributed by atoms with E-state index in [0.717, 1.165) is 12.0 Å². The van der Waals surface area contributed by atoms with Crippen molar-refractivity contribution in [3.63, 3.8) is 0 Å². The predicted octanol–water partition coefficient (Wildman–Crippen LogP) is 4.30. The zero-order valence-corrected chi connectivity index (χ0v) is 19.8. The second kappa shape index (κ2) is 11.2. The van der Waals surface area contributed by atoms with Crippen molar-refractivity contribution in [1.29, 1.82) is 0 Å².